The molecule has 0 radical (unpaired) electrons. The van der Waals surface area contributed by atoms with Gasteiger partial charge in [0, 0.05) is 41.6 Å². The minimum Gasteiger partial charge on any atom is -0.348 e. The lowest BCUT2D eigenvalue weighted by molar-refractivity contribution is 0.0951. The highest BCUT2D eigenvalue weighted by Gasteiger charge is 2.16. The molecule has 0 aliphatic rings. The summed E-state index contributed by atoms with van der Waals surface area (Å²) in [5.74, 6) is -0.219. The zero-order chi connectivity index (χ0) is 31.2. The molecule has 5 rings (SSSR count). The highest BCUT2D eigenvalue weighted by Crippen LogP contribution is 2.29. The van der Waals surface area contributed by atoms with Crippen LogP contribution in [0.3, 0.4) is 0 Å². The summed E-state index contributed by atoms with van der Waals surface area (Å²) < 4.78 is 1.26. The fraction of sp³-hybridized carbons (Fsp3) is 0.0938. The van der Waals surface area contributed by atoms with E-state index in [1.807, 2.05) is 48.5 Å². The molecule has 5 aromatic rings. The molecule has 0 unspecified atom stereocenters. The zero-order valence-corrected chi connectivity index (χ0v) is 25.5. The van der Waals surface area contributed by atoms with Crippen molar-refractivity contribution >= 4 is 58.1 Å². The van der Waals surface area contributed by atoms with E-state index in [-0.39, 0.29) is 33.9 Å². The van der Waals surface area contributed by atoms with Crippen LogP contribution in [0, 0.1) is 0 Å². The van der Waals surface area contributed by atoms with Crippen molar-refractivity contribution in [1.82, 2.24) is 20.1 Å². The molecule has 0 saturated heterocycles. The molecular weight excluding hydrogens is 623 g/mol. The normalized spacial score (nSPS) is 10.7. The van der Waals surface area contributed by atoms with Crippen molar-refractivity contribution in [3.8, 4) is 22.4 Å². The highest BCUT2D eigenvalue weighted by atomic mass is 35.5. The van der Waals surface area contributed by atoms with Gasteiger partial charge in [-0.3, -0.25) is 14.6 Å². The standard InChI is InChI=1S/C32H25Cl3N6O3/c1-2-41-31(43)28(38-32(44)39-29-25(34)17-36-18-26(29)35)15-27(40-41)22-9-4-7-20(13-22)21-8-5-10-23(14-21)30(42)37-16-19-6-3-11-24(33)12-19/h3-15,17-18H,2,16H2,1H3,(H,37,42)(H2,36,38,39,44). The van der Waals surface area contributed by atoms with Crippen LogP contribution in [0.25, 0.3) is 22.4 Å². The van der Waals surface area contributed by atoms with Crippen LogP contribution >= 0.6 is 34.8 Å². The maximum Gasteiger partial charge on any atom is 0.323 e. The fourth-order valence-electron chi connectivity index (χ4n) is 4.41. The van der Waals surface area contributed by atoms with Gasteiger partial charge in [0.15, 0.2) is 0 Å². The van der Waals surface area contributed by atoms with Crippen molar-refractivity contribution in [2.75, 3.05) is 10.6 Å². The maximum absolute atomic E-state index is 13.0. The second kappa shape index (κ2) is 13.7. The lowest BCUT2D eigenvalue weighted by atomic mass is 9.99. The van der Waals surface area contributed by atoms with Crippen molar-refractivity contribution in [3.05, 3.63) is 128 Å². The van der Waals surface area contributed by atoms with Crippen molar-refractivity contribution in [3.63, 3.8) is 0 Å². The fourth-order valence-corrected chi connectivity index (χ4v) is 5.09. The zero-order valence-electron chi connectivity index (χ0n) is 23.3. The van der Waals surface area contributed by atoms with E-state index in [9.17, 15) is 14.4 Å². The number of urea groups is 1. The van der Waals surface area contributed by atoms with Gasteiger partial charge >= 0.3 is 6.03 Å². The molecule has 0 bridgehead atoms. The van der Waals surface area contributed by atoms with Crippen molar-refractivity contribution in [2.24, 2.45) is 0 Å². The van der Waals surface area contributed by atoms with Gasteiger partial charge in [0.25, 0.3) is 11.5 Å². The van der Waals surface area contributed by atoms with E-state index in [4.69, 9.17) is 34.8 Å². The number of carbonyl (C=O) groups excluding carboxylic acids is 2. The summed E-state index contributed by atoms with van der Waals surface area (Å²) in [5.41, 5.74) is 3.89. The second-order valence-corrected chi connectivity index (χ2v) is 10.8. The minimum atomic E-state index is -0.712. The third kappa shape index (κ3) is 7.26. The Bertz CT molecular complexity index is 1910. The predicted octanol–water partition coefficient (Wildman–Crippen LogP) is 7.53. The van der Waals surface area contributed by atoms with Gasteiger partial charge in [-0.25, -0.2) is 9.48 Å². The van der Waals surface area contributed by atoms with Crippen molar-refractivity contribution in [1.29, 1.82) is 0 Å². The largest absolute Gasteiger partial charge is 0.348 e. The SMILES string of the molecule is CCn1nc(-c2cccc(-c3cccc(C(=O)NCc4cccc(Cl)c4)c3)c2)cc(NC(=O)Nc2c(Cl)cncc2Cl)c1=O. The van der Waals surface area contributed by atoms with Crippen LogP contribution in [0.2, 0.25) is 15.1 Å². The smallest absolute Gasteiger partial charge is 0.323 e. The number of nitrogens with zero attached hydrogens (tertiary/aromatic N) is 3. The van der Waals surface area contributed by atoms with Crippen LogP contribution in [-0.2, 0) is 13.1 Å². The Hall–Kier alpha value is -4.70. The second-order valence-electron chi connectivity index (χ2n) is 9.60. The van der Waals surface area contributed by atoms with Crippen LogP contribution in [0.5, 0.6) is 0 Å². The van der Waals surface area contributed by atoms with Gasteiger partial charge in [-0.2, -0.15) is 5.10 Å². The summed E-state index contributed by atoms with van der Waals surface area (Å²) in [6.45, 7) is 2.39. The Morgan fingerprint density at radius 2 is 1.50 bits per heavy atom. The summed E-state index contributed by atoms with van der Waals surface area (Å²) in [6.07, 6.45) is 2.68. The van der Waals surface area contributed by atoms with Crippen LogP contribution in [0.4, 0.5) is 16.2 Å². The number of rotatable bonds is 8. The lowest BCUT2D eigenvalue weighted by Gasteiger charge is -2.13. The number of pyridine rings is 1. The van der Waals surface area contributed by atoms with Crippen molar-refractivity contribution < 1.29 is 9.59 Å². The van der Waals surface area contributed by atoms with Gasteiger partial charge in [0.05, 0.1) is 21.4 Å². The van der Waals surface area contributed by atoms with Crippen LogP contribution in [0.1, 0.15) is 22.8 Å². The molecule has 2 heterocycles. The number of aromatic nitrogens is 3. The van der Waals surface area contributed by atoms with Crippen LogP contribution < -0.4 is 21.5 Å². The number of benzene rings is 3. The van der Waals surface area contributed by atoms with E-state index in [0.29, 0.717) is 28.4 Å². The highest BCUT2D eigenvalue weighted by molar-refractivity contribution is 6.39. The third-order valence-corrected chi connectivity index (χ3v) is 7.38. The Morgan fingerprint density at radius 3 is 2.23 bits per heavy atom. The summed E-state index contributed by atoms with van der Waals surface area (Å²) >= 11 is 18.3. The van der Waals surface area contributed by atoms with Crippen LogP contribution in [-0.4, -0.2) is 26.7 Å². The monoisotopic (exact) mass is 646 g/mol. The molecule has 3 amide bonds. The van der Waals surface area contributed by atoms with Gasteiger partial charge < -0.3 is 16.0 Å². The quantitative estimate of drug-likeness (QED) is 0.161. The first kappa shape index (κ1) is 30.7. The average Bonchev–Trinajstić information content (AvgIpc) is 3.03. The number of aryl methyl sites for hydroxylation is 1. The molecule has 0 atom stereocenters. The van der Waals surface area contributed by atoms with E-state index >= 15 is 0 Å². The summed E-state index contributed by atoms with van der Waals surface area (Å²) in [7, 11) is 0. The molecule has 0 spiro atoms. The first-order valence-electron chi connectivity index (χ1n) is 13.4. The van der Waals surface area contributed by atoms with E-state index in [1.54, 1.807) is 31.2 Å². The van der Waals surface area contributed by atoms with E-state index < -0.39 is 11.6 Å². The number of hydrogen-bond acceptors (Lipinski definition) is 5. The van der Waals surface area contributed by atoms with E-state index in [1.165, 1.54) is 23.1 Å². The first-order chi connectivity index (χ1) is 21.2. The molecule has 3 N–H and O–H groups in total. The molecule has 0 fully saturated rings. The first-order valence-corrected chi connectivity index (χ1v) is 14.6. The Morgan fingerprint density at radius 1 is 0.818 bits per heavy atom. The molecule has 0 aliphatic carbocycles. The number of nitrogens with one attached hydrogen (secondary N) is 3. The topological polar surface area (TPSA) is 118 Å². The summed E-state index contributed by atoms with van der Waals surface area (Å²) in [6, 6.07) is 22.9. The lowest BCUT2D eigenvalue weighted by Crippen LogP contribution is -2.29. The number of amides is 3. The Kier molecular flexibility index (Phi) is 9.59. The Balaban J connectivity index is 1.38. The number of anilines is 2. The summed E-state index contributed by atoms with van der Waals surface area (Å²) in [5, 5.41) is 13.4. The molecule has 3 aromatic carbocycles. The number of hydrogen-bond donors (Lipinski definition) is 3. The summed E-state index contributed by atoms with van der Waals surface area (Å²) in [4.78, 5) is 42.6. The van der Waals surface area contributed by atoms with Crippen LogP contribution in [0.15, 0.2) is 96.1 Å². The maximum atomic E-state index is 13.0. The number of halogens is 3. The van der Waals surface area contributed by atoms with E-state index in [2.05, 4.69) is 26.0 Å². The number of carbonyl (C=O) groups is 2. The van der Waals surface area contributed by atoms with Gasteiger partial charge in [-0.1, -0.05) is 77.3 Å². The molecule has 0 aliphatic heterocycles. The van der Waals surface area contributed by atoms with Gasteiger partial charge in [-0.15, -0.1) is 0 Å². The molecule has 9 nitrogen and oxygen atoms in total. The van der Waals surface area contributed by atoms with Crippen molar-refractivity contribution in [2.45, 2.75) is 20.0 Å². The van der Waals surface area contributed by atoms with E-state index in [0.717, 1.165) is 16.7 Å². The van der Waals surface area contributed by atoms with Gasteiger partial charge in [0.1, 0.15) is 5.69 Å². The molecular formula is C32H25Cl3N6O3. The minimum absolute atomic E-state index is 0.0134. The van der Waals surface area contributed by atoms with Gasteiger partial charge in [-0.05, 0) is 60.0 Å². The molecule has 44 heavy (non-hydrogen) atoms. The third-order valence-electron chi connectivity index (χ3n) is 6.57. The molecule has 2 aromatic heterocycles. The van der Waals surface area contributed by atoms with Gasteiger partial charge in [0.2, 0.25) is 0 Å². The Labute approximate surface area is 267 Å². The molecule has 222 valence electrons. The average molecular weight is 648 g/mol. The predicted molar refractivity (Wildman–Crippen MR) is 175 cm³/mol. The molecule has 0 saturated carbocycles. The molecule has 12 heteroatoms.